The van der Waals surface area contributed by atoms with Crippen LogP contribution in [0.25, 0.3) is 0 Å². The van der Waals surface area contributed by atoms with Crippen LogP contribution in [0.2, 0.25) is 0 Å². The second kappa shape index (κ2) is 9.21. The van der Waals surface area contributed by atoms with Crippen LogP contribution in [0, 0.1) is 5.92 Å². The summed E-state index contributed by atoms with van der Waals surface area (Å²) in [6, 6.07) is 3.59. The first-order chi connectivity index (χ1) is 12.7. The molecule has 1 amide bonds. The highest BCUT2D eigenvalue weighted by atomic mass is 16.5. The molecule has 2 fully saturated rings. The van der Waals surface area contributed by atoms with Gasteiger partial charge in [-0.2, -0.15) is 4.98 Å². The van der Waals surface area contributed by atoms with E-state index in [4.69, 9.17) is 9.47 Å². The second-order valence-corrected chi connectivity index (χ2v) is 7.49. The van der Waals surface area contributed by atoms with E-state index in [0.717, 1.165) is 31.8 Å². The number of carbonyl (C=O) groups is 1. The molecule has 6 nitrogen and oxygen atoms in total. The standard InChI is InChI=1S/C20H31N3O3/c1-25-18-11-10-17(20(22-18)26-2)19(24)21-16-9-6-12-23(14-16)13-15-7-4-3-5-8-15/h10-11,15-16H,3-9,12-14H2,1-2H3,(H,21,24). The van der Waals surface area contributed by atoms with Gasteiger partial charge in [-0.05, 0) is 44.2 Å². The fraction of sp³-hybridized carbons (Fsp3) is 0.700. The van der Waals surface area contributed by atoms with Gasteiger partial charge in [0.25, 0.3) is 5.91 Å². The molecule has 1 aliphatic heterocycles. The number of pyridine rings is 1. The maximum absolute atomic E-state index is 12.7. The monoisotopic (exact) mass is 361 g/mol. The van der Waals surface area contributed by atoms with Crippen molar-refractivity contribution < 1.29 is 14.3 Å². The van der Waals surface area contributed by atoms with E-state index in [2.05, 4.69) is 15.2 Å². The SMILES string of the molecule is COc1ccc(C(=O)NC2CCCN(CC3CCCCC3)C2)c(OC)n1. The van der Waals surface area contributed by atoms with Crippen LogP contribution in [0.3, 0.4) is 0 Å². The molecule has 1 aromatic heterocycles. The van der Waals surface area contributed by atoms with Crippen molar-refractivity contribution in [1.82, 2.24) is 15.2 Å². The highest BCUT2D eigenvalue weighted by Crippen LogP contribution is 2.26. The Labute approximate surface area is 156 Å². The highest BCUT2D eigenvalue weighted by Gasteiger charge is 2.25. The molecule has 1 atom stereocenters. The summed E-state index contributed by atoms with van der Waals surface area (Å²) in [5, 5.41) is 3.17. The van der Waals surface area contributed by atoms with Gasteiger partial charge in [0.05, 0.1) is 14.2 Å². The van der Waals surface area contributed by atoms with Crippen LogP contribution < -0.4 is 14.8 Å². The zero-order valence-electron chi connectivity index (χ0n) is 16.0. The Morgan fingerprint density at radius 3 is 2.69 bits per heavy atom. The predicted octanol–water partition coefficient (Wildman–Crippen LogP) is 2.87. The molecule has 1 saturated carbocycles. The van der Waals surface area contributed by atoms with E-state index < -0.39 is 0 Å². The molecular formula is C20H31N3O3. The van der Waals surface area contributed by atoms with Gasteiger partial charge >= 0.3 is 0 Å². The third kappa shape index (κ3) is 4.87. The first kappa shape index (κ1) is 19.0. The third-order valence-corrected chi connectivity index (χ3v) is 5.56. The van der Waals surface area contributed by atoms with Crippen molar-refractivity contribution in [3.8, 4) is 11.8 Å². The summed E-state index contributed by atoms with van der Waals surface area (Å²) in [4.78, 5) is 19.4. The molecule has 1 unspecified atom stereocenters. The van der Waals surface area contributed by atoms with Crippen molar-refractivity contribution >= 4 is 5.91 Å². The van der Waals surface area contributed by atoms with Crippen molar-refractivity contribution in [2.24, 2.45) is 5.92 Å². The van der Waals surface area contributed by atoms with Gasteiger partial charge in [-0.1, -0.05) is 19.3 Å². The second-order valence-electron chi connectivity index (χ2n) is 7.49. The molecule has 1 aliphatic carbocycles. The number of carbonyl (C=O) groups excluding carboxylic acids is 1. The van der Waals surface area contributed by atoms with Gasteiger partial charge in [0.1, 0.15) is 5.56 Å². The number of piperidine rings is 1. The maximum atomic E-state index is 12.7. The minimum Gasteiger partial charge on any atom is -0.481 e. The lowest BCUT2D eigenvalue weighted by molar-refractivity contribution is 0.0886. The smallest absolute Gasteiger partial charge is 0.257 e. The molecule has 6 heteroatoms. The van der Waals surface area contributed by atoms with Crippen LogP contribution in [0.15, 0.2) is 12.1 Å². The molecule has 0 bridgehead atoms. The van der Waals surface area contributed by atoms with Gasteiger partial charge in [0.2, 0.25) is 11.8 Å². The average Bonchev–Trinajstić information content (AvgIpc) is 2.68. The summed E-state index contributed by atoms with van der Waals surface area (Å²) in [7, 11) is 3.06. The van der Waals surface area contributed by atoms with Crippen molar-refractivity contribution in [2.75, 3.05) is 33.9 Å². The summed E-state index contributed by atoms with van der Waals surface area (Å²) in [5.74, 6) is 1.46. The van der Waals surface area contributed by atoms with E-state index in [-0.39, 0.29) is 11.9 Å². The summed E-state index contributed by atoms with van der Waals surface area (Å²) >= 11 is 0. The molecule has 3 rings (SSSR count). The number of rotatable bonds is 6. The Balaban J connectivity index is 1.56. The van der Waals surface area contributed by atoms with Crippen LogP contribution in [0.4, 0.5) is 0 Å². The van der Waals surface area contributed by atoms with Gasteiger partial charge in [-0.25, -0.2) is 0 Å². The minimum atomic E-state index is -0.124. The molecule has 1 aromatic rings. The molecule has 26 heavy (non-hydrogen) atoms. The number of aromatic nitrogens is 1. The van der Waals surface area contributed by atoms with Gasteiger partial charge in [-0.3, -0.25) is 4.79 Å². The zero-order valence-corrected chi connectivity index (χ0v) is 16.0. The quantitative estimate of drug-likeness (QED) is 0.844. The van der Waals surface area contributed by atoms with E-state index in [0.29, 0.717) is 17.3 Å². The fourth-order valence-corrected chi connectivity index (χ4v) is 4.20. The van der Waals surface area contributed by atoms with E-state index in [1.807, 2.05) is 0 Å². The molecule has 0 spiro atoms. The molecule has 2 aliphatic rings. The zero-order chi connectivity index (χ0) is 18.4. The molecule has 144 valence electrons. The lowest BCUT2D eigenvalue weighted by Crippen LogP contribution is -2.49. The van der Waals surface area contributed by atoms with Crippen molar-refractivity contribution in [3.05, 3.63) is 17.7 Å². The normalized spacial score (nSPS) is 22.0. The third-order valence-electron chi connectivity index (χ3n) is 5.56. The van der Waals surface area contributed by atoms with Crippen LogP contribution in [-0.2, 0) is 0 Å². The number of nitrogens with one attached hydrogen (secondary N) is 1. The number of nitrogens with zero attached hydrogens (tertiary/aromatic N) is 2. The van der Waals surface area contributed by atoms with Gasteiger partial charge < -0.3 is 19.7 Å². The Morgan fingerprint density at radius 1 is 1.15 bits per heavy atom. The predicted molar refractivity (Wildman–Crippen MR) is 101 cm³/mol. The number of hydrogen-bond acceptors (Lipinski definition) is 5. The first-order valence-corrected chi connectivity index (χ1v) is 9.82. The van der Waals surface area contributed by atoms with E-state index in [9.17, 15) is 4.79 Å². The van der Waals surface area contributed by atoms with Crippen molar-refractivity contribution in [1.29, 1.82) is 0 Å². The van der Waals surface area contributed by atoms with Crippen LogP contribution >= 0.6 is 0 Å². The topological polar surface area (TPSA) is 63.7 Å². The Hall–Kier alpha value is -1.82. The summed E-state index contributed by atoms with van der Waals surface area (Å²) in [5.41, 5.74) is 0.456. The lowest BCUT2D eigenvalue weighted by Gasteiger charge is -2.36. The summed E-state index contributed by atoms with van der Waals surface area (Å²) < 4.78 is 10.4. The van der Waals surface area contributed by atoms with Crippen molar-refractivity contribution in [2.45, 2.75) is 51.0 Å². The molecule has 2 heterocycles. The molecular weight excluding hydrogens is 330 g/mol. The maximum Gasteiger partial charge on any atom is 0.257 e. The summed E-state index contributed by atoms with van der Waals surface area (Å²) in [6.45, 7) is 3.27. The Bertz CT molecular complexity index is 602. The van der Waals surface area contributed by atoms with E-state index >= 15 is 0 Å². The van der Waals surface area contributed by atoms with E-state index in [1.54, 1.807) is 19.2 Å². The van der Waals surface area contributed by atoms with E-state index in [1.165, 1.54) is 45.8 Å². The fourth-order valence-electron chi connectivity index (χ4n) is 4.20. The van der Waals surface area contributed by atoms with Crippen molar-refractivity contribution in [3.63, 3.8) is 0 Å². The summed E-state index contributed by atoms with van der Waals surface area (Å²) in [6.07, 6.45) is 9.04. The van der Waals surface area contributed by atoms with Gasteiger partial charge in [0, 0.05) is 25.2 Å². The number of methoxy groups -OCH3 is 2. The van der Waals surface area contributed by atoms with Crippen LogP contribution in [0.1, 0.15) is 55.3 Å². The number of likely N-dealkylation sites (tertiary alicyclic amines) is 1. The highest BCUT2D eigenvalue weighted by molar-refractivity contribution is 5.96. The van der Waals surface area contributed by atoms with Gasteiger partial charge in [-0.15, -0.1) is 0 Å². The number of ether oxygens (including phenoxy) is 2. The largest absolute Gasteiger partial charge is 0.481 e. The van der Waals surface area contributed by atoms with Crippen LogP contribution in [-0.4, -0.2) is 55.7 Å². The number of amides is 1. The number of hydrogen-bond donors (Lipinski definition) is 1. The minimum absolute atomic E-state index is 0.124. The molecule has 0 radical (unpaired) electrons. The average molecular weight is 361 g/mol. The molecule has 1 N–H and O–H groups in total. The van der Waals surface area contributed by atoms with Gasteiger partial charge in [0.15, 0.2) is 0 Å². The first-order valence-electron chi connectivity index (χ1n) is 9.82. The Morgan fingerprint density at radius 2 is 1.96 bits per heavy atom. The Kier molecular flexibility index (Phi) is 6.72. The van der Waals surface area contributed by atoms with Crippen LogP contribution in [0.5, 0.6) is 11.8 Å². The molecule has 1 saturated heterocycles. The molecule has 0 aromatic carbocycles. The lowest BCUT2D eigenvalue weighted by atomic mass is 9.88.